The van der Waals surface area contributed by atoms with Crippen molar-refractivity contribution in [3.8, 4) is 0 Å². The summed E-state index contributed by atoms with van der Waals surface area (Å²) in [6.45, 7) is 3.03. The molecule has 0 aromatic carbocycles. The predicted molar refractivity (Wildman–Crippen MR) is 58.5 cm³/mol. The van der Waals surface area contributed by atoms with Crippen LogP contribution >= 0.6 is 0 Å². The van der Waals surface area contributed by atoms with E-state index in [4.69, 9.17) is 10.5 Å². The first kappa shape index (κ1) is 12.4. The van der Waals surface area contributed by atoms with Gasteiger partial charge in [0.15, 0.2) is 0 Å². The summed E-state index contributed by atoms with van der Waals surface area (Å²) < 4.78 is 5.02. The van der Waals surface area contributed by atoms with Gasteiger partial charge >= 0.3 is 0 Å². The number of hydrogen-bond acceptors (Lipinski definition) is 4. The van der Waals surface area contributed by atoms with Crippen molar-refractivity contribution in [2.24, 2.45) is 5.73 Å². The molecule has 0 radical (unpaired) electrons. The predicted octanol–water partition coefficient (Wildman–Crippen LogP) is -0.828. The van der Waals surface area contributed by atoms with Crippen LogP contribution in [0.3, 0.4) is 0 Å². The number of amides is 1. The van der Waals surface area contributed by atoms with Gasteiger partial charge in [-0.3, -0.25) is 9.69 Å². The van der Waals surface area contributed by atoms with Crippen molar-refractivity contribution in [3.63, 3.8) is 0 Å². The van der Waals surface area contributed by atoms with E-state index >= 15 is 0 Å². The zero-order valence-electron chi connectivity index (χ0n) is 9.37. The number of ether oxygens (including phenoxy) is 1. The number of rotatable bonds is 8. The molecule has 1 aliphatic rings. The first-order chi connectivity index (χ1) is 7.27. The van der Waals surface area contributed by atoms with Crippen molar-refractivity contribution in [3.05, 3.63) is 0 Å². The van der Waals surface area contributed by atoms with E-state index < -0.39 is 0 Å². The maximum absolute atomic E-state index is 11.5. The topological polar surface area (TPSA) is 67.6 Å². The standard InChI is InChI=1S/C10H21N3O2/c1-15-7-6-13(9-2-3-9)8-10(14)12-5-4-11/h9H,2-8,11H2,1H3,(H,12,14). The molecule has 0 bridgehead atoms. The lowest BCUT2D eigenvalue weighted by Gasteiger charge is -2.20. The molecule has 15 heavy (non-hydrogen) atoms. The van der Waals surface area contributed by atoms with Gasteiger partial charge < -0.3 is 15.8 Å². The minimum atomic E-state index is 0.0588. The van der Waals surface area contributed by atoms with E-state index in [2.05, 4.69) is 10.2 Å². The zero-order valence-corrected chi connectivity index (χ0v) is 9.37. The molecular weight excluding hydrogens is 194 g/mol. The van der Waals surface area contributed by atoms with Gasteiger partial charge in [0.1, 0.15) is 0 Å². The van der Waals surface area contributed by atoms with Crippen LogP contribution in [-0.4, -0.2) is 56.7 Å². The molecule has 0 unspecified atom stereocenters. The number of hydrogen-bond donors (Lipinski definition) is 2. The largest absolute Gasteiger partial charge is 0.383 e. The lowest BCUT2D eigenvalue weighted by molar-refractivity contribution is -0.122. The van der Waals surface area contributed by atoms with Crippen molar-refractivity contribution in [1.29, 1.82) is 0 Å². The van der Waals surface area contributed by atoms with E-state index in [1.165, 1.54) is 12.8 Å². The molecule has 1 aliphatic carbocycles. The van der Waals surface area contributed by atoms with Gasteiger partial charge in [-0.25, -0.2) is 0 Å². The summed E-state index contributed by atoms with van der Waals surface area (Å²) in [6.07, 6.45) is 2.40. The Balaban J connectivity index is 2.20. The lowest BCUT2D eigenvalue weighted by Crippen LogP contribution is -2.41. The first-order valence-electron chi connectivity index (χ1n) is 5.47. The fourth-order valence-corrected chi connectivity index (χ4v) is 1.49. The van der Waals surface area contributed by atoms with E-state index in [1.54, 1.807) is 7.11 Å². The summed E-state index contributed by atoms with van der Waals surface area (Å²) in [7, 11) is 1.68. The molecule has 0 atom stereocenters. The summed E-state index contributed by atoms with van der Waals surface area (Å²) in [5, 5.41) is 2.78. The van der Waals surface area contributed by atoms with Crippen molar-refractivity contribution < 1.29 is 9.53 Å². The molecule has 88 valence electrons. The molecule has 0 aliphatic heterocycles. The molecule has 5 nitrogen and oxygen atoms in total. The van der Waals surface area contributed by atoms with Crippen LogP contribution in [-0.2, 0) is 9.53 Å². The highest BCUT2D eigenvalue weighted by atomic mass is 16.5. The monoisotopic (exact) mass is 215 g/mol. The SMILES string of the molecule is COCCN(CC(=O)NCCN)C1CC1. The second kappa shape index (κ2) is 6.76. The Kier molecular flexibility index (Phi) is 5.60. The van der Waals surface area contributed by atoms with Gasteiger partial charge in [0.2, 0.25) is 5.91 Å². The van der Waals surface area contributed by atoms with E-state index in [1.807, 2.05) is 0 Å². The summed E-state index contributed by atoms with van der Waals surface area (Å²) in [5.74, 6) is 0.0588. The average molecular weight is 215 g/mol. The second-order valence-corrected chi connectivity index (χ2v) is 3.83. The number of methoxy groups -OCH3 is 1. The van der Waals surface area contributed by atoms with Crippen LogP contribution in [0.4, 0.5) is 0 Å². The van der Waals surface area contributed by atoms with Gasteiger partial charge in [-0.1, -0.05) is 0 Å². The van der Waals surface area contributed by atoms with Crippen LogP contribution in [0, 0.1) is 0 Å². The number of carbonyl (C=O) groups is 1. The van der Waals surface area contributed by atoms with Gasteiger partial charge in [-0.15, -0.1) is 0 Å². The number of nitrogens with one attached hydrogen (secondary N) is 1. The Hall–Kier alpha value is -0.650. The summed E-state index contributed by atoms with van der Waals surface area (Å²) in [5.41, 5.74) is 5.31. The Bertz CT molecular complexity index is 195. The van der Waals surface area contributed by atoms with Gasteiger partial charge in [-0.05, 0) is 12.8 Å². The van der Waals surface area contributed by atoms with E-state index in [9.17, 15) is 4.79 Å². The third-order valence-corrected chi connectivity index (χ3v) is 2.46. The Morgan fingerprint density at radius 3 is 2.87 bits per heavy atom. The van der Waals surface area contributed by atoms with Crippen LogP contribution in [0.5, 0.6) is 0 Å². The van der Waals surface area contributed by atoms with Crippen molar-refractivity contribution in [1.82, 2.24) is 10.2 Å². The Morgan fingerprint density at radius 2 is 2.33 bits per heavy atom. The first-order valence-corrected chi connectivity index (χ1v) is 5.47. The molecular formula is C10H21N3O2. The average Bonchev–Trinajstić information content (AvgIpc) is 3.04. The van der Waals surface area contributed by atoms with Crippen molar-refractivity contribution in [2.75, 3.05) is 39.9 Å². The molecule has 3 N–H and O–H groups in total. The molecule has 5 heteroatoms. The third kappa shape index (κ3) is 5.11. The van der Waals surface area contributed by atoms with Crippen LogP contribution in [0.25, 0.3) is 0 Å². The Morgan fingerprint density at radius 1 is 1.60 bits per heavy atom. The van der Waals surface area contributed by atoms with Gasteiger partial charge in [0, 0.05) is 32.8 Å². The molecule has 0 aromatic rings. The molecule has 1 rings (SSSR count). The normalized spacial score (nSPS) is 15.7. The molecule has 0 heterocycles. The summed E-state index contributed by atoms with van der Waals surface area (Å²) in [6, 6.07) is 0.587. The fourth-order valence-electron chi connectivity index (χ4n) is 1.49. The minimum absolute atomic E-state index is 0.0588. The van der Waals surface area contributed by atoms with Crippen LogP contribution in [0.2, 0.25) is 0 Å². The third-order valence-electron chi connectivity index (χ3n) is 2.46. The molecule has 0 saturated heterocycles. The number of nitrogens with two attached hydrogens (primary N) is 1. The quantitative estimate of drug-likeness (QED) is 0.555. The highest BCUT2D eigenvalue weighted by Crippen LogP contribution is 2.26. The molecule has 1 fully saturated rings. The summed E-state index contributed by atoms with van der Waals surface area (Å²) in [4.78, 5) is 13.6. The van der Waals surface area contributed by atoms with Crippen LogP contribution in [0.1, 0.15) is 12.8 Å². The zero-order chi connectivity index (χ0) is 11.1. The number of nitrogens with zero attached hydrogens (tertiary/aromatic N) is 1. The maximum atomic E-state index is 11.5. The van der Waals surface area contributed by atoms with Crippen molar-refractivity contribution in [2.45, 2.75) is 18.9 Å². The lowest BCUT2D eigenvalue weighted by atomic mass is 10.4. The number of carbonyl (C=O) groups excluding carboxylic acids is 1. The second-order valence-electron chi connectivity index (χ2n) is 3.83. The fraction of sp³-hybridized carbons (Fsp3) is 0.900. The van der Waals surface area contributed by atoms with Gasteiger partial charge in [-0.2, -0.15) is 0 Å². The van der Waals surface area contributed by atoms with E-state index in [0.29, 0.717) is 32.3 Å². The van der Waals surface area contributed by atoms with E-state index in [0.717, 1.165) is 6.54 Å². The highest BCUT2D eigenvalue weighted by molar-refractivity contribution is 5.78. The van der Waals surface area contributed by atoms with Crippen LogP contribution in [0.15, 0.2) is 0 Å². The molecule has 1 saturated carbocycles. The Labute approximate surface area is 90.9 Å². The smallest absolute Gasteiger partial charge is 0.234 e. The van der Waals surface area contributed by atoms with Crippen molar-refractivity contribution >= 4 is 5.91 Å². The molecule has 1 amide bonds. The molecule has 0 spiro atoms. The van der Waals surface area contributed by atoms with E-state index in [-0.39, 0.29) is 5.91 Å². The minimum Gasteiger partial charge on any atom is -0.383 e. The van der Waals surface area contributed by atoms with Gasteiger partial charge in [0.25, 0.3) is 0 Å². The van der Waals surface area contributed by atoms with Gasteiger partial charge in [0.05, 0.1) is 13.2 Å². The van der Waals surface area contributed by atoms with Crippen LogP contribution < -0.4 is 11.1 Å². The summed E-state index contributed by atoms with van der Waals surface area (Å²) >= 11 is 0. The molecule has 0 aromatic heterocycles. The highest BCUT2D eigenvalue weighted by Gasteiger charge is 2.29. The maximum Gasteiger partial charge on any atom is 0.234 e.